The summed E-state index contributed by atoms with van der Waals surface area (Å²) in [6.45, 7) is 21.2. The molecule has 5 N–H and O–H groups in total. The molecule has 2 aliphatic rings. The van der Waals surface area contributed by atoms with E-state index in [0.717, 1.165) is 0 Å². The van der Waals surface area contributed by atoms with Gasteiger partial charge in [-0.25, -0.2) is 19.5 Å². The molecule has 0 saturated carbocycles. The summed E-state index contributed by atoms with van der Waals surface area (Å²) in [5.74, 6) is -1.57. The molecule has 0 radical (unpaired) electrons. The van der Waals surface area contributed by atoms with Crippen molar-refractivity contribution >= 4 is 73.2 Å². The highest BCUT2D eigenvalue weighted by atomic mass is 31.2. The molecule has 10 atom stereocenters. The third-order valence-corrected chi connectivity index (χ3v) is 24.8. The highest BCUT2D eigenvalue weighted by Gasteiger charge is 2.58. The minimum Gasteiger partial charge on any atom is -0.408 e. The molecule has 1 aromatic carbocycles. The van der Waals surface area contributed by atoms with Gasteiger partial charge in [-0.05, 0) is 48.4 Å². The zero-order valence-corrected chi connectivity index (χ0v) is 48.1. The molecule has 26 nitrogen and oxygen atoms in total. The maximum absolute atomic E-state index is 15.5. The largest absolute Gasteiger partial charge is 0.695 e. The Morgan fingerprint density at radius 2 is 1.61 bits per heavy atom. The highest BCUT2D eigenvalue weighted by molar-refractivity contribution is 7.48. The van der Waals surface area contributed by atoms with E-state index in [1.165, 1.54) is 27.9 Å². The number of benzene rings is 1. The molecule has 412 valence electrons. The molecule has 7 rings (SSSR count). The number of anilines is 2. The molecule has 2 saturated heterocycles. The minimum atomic E-state index is -5.03. The average molecular weight is 1130 g/mol. The Bertz CT molecular complexity index is 3070. The number of carbonyl (C=O) groups excluding carboxylic acids is 2. The summed E-state index contributed by atoms with van der Waals surface area (Å²) in [5.41, 5.74) is -0.132. The topological polar surface area (TPSA) is 337 Å². The molecule has 4 aromatic heterocycles. The van der Waals surface area contributed by atoms with E-state index in [1.54, 1.807) is 44.2 Å². The van der Waals surface area contributed by atoms with Crippen LogP contribution in [0.2, 0.25) is 36.3 Å². The van der Waals surface area contributed by atoms with Gasteiger partial charge in [-0.2, -0.15) is 19.9 Å². The Balaban J connectivity index is 1.29. The maximum Gasteiger partial charge on any atom is 0.695 e. The molecule has 2 fully saturated rings. The normalized spacial score (nSPS) is 23.5. The van der Waals surface area contributed by atoms with Gasteiger partial charge in [-0.1, -0.05) is 73.6 Å². The predicted octanol–water partition coefficient (Wildman–Crippen LogP) is 6.69. The van der Waals surface area contributed by atoms with E-state index in [1.807, 2.05) is 73.8 Å². The van der Waals surface area contributed by atoms with Gasteiger partial charge in [0.1, 0.15) is 43.0 Å². The number of phosphoric ester groups is 1. The molecule has 0 bridgehead atoms. The number of ether oxygens (including phenoxy) is 2. The molecule has 5 aromatic rings. The van der Waals surface area contributed by atoms with Crippen LogP contribution in [0.4, 0.5) is 11.9 Å². The zero-order chi connectivity index (χ0) is 55.7. The van der Waals surface area contributed by atoms with Gasteiger partial charge in [0.15, 0.2) is 45.8 Å². The Morgan fingerprint density at radius 3 is 2.22 bits per heavy atom. The third kappa shape index (κ3) is 12.7. The first-order valence-corrected chi connectivity index (χ1v) is 32.9. The lowest BCUT2D eigenvalue weighted by atomic mass is 10.0. The number of carbonyl (C=O) groups is 2. The van der Waals surface area contributed by atoms with E-state index in [4.69, 9.17) is 36.4 Å². The maximum atomic E-state index is 15.5. The summed E-state index contributed by atoms with van der Waals surface area (Å²) in [5, 5.41) is 29.5. The van der Waals surface area contributed by atoms with Crippen LogP contribution in [0.5, 0.6) is 0 Å². The third-order valence-electron chi connectivity index (χ3n) is 13.9. The SMILES string of the molecule is CC(C)C(=O)Nc1nc2c(ncn2[C@@H]2O[C@H](CO)[C@@H](O[Si](C)(C)C(C)(C)C)[C@H]2OP(=O)(OCCC#N)OC[C@H]2O[C@@H](c3cnn4c(NC(=O)c5ccccc5)ncnc34)[C@H](O[Si](C)(C)C(C)(C)C)[C@@H]2O[P+](=O)O)c(=O)[nH]1. The molecule has 2 aliphatic heterocycles. The van der Waals surface area contributed by atoms with Gasteiger partial charge in [0.25, 0.3) is 11.5 Å². The molecule has 0 spiro atoms. The Kier molecular flexibility index (Phi) is 17.8. The van der Waals surface area contributed by atoms with Crippen molar-refractivity contribution in [3.63, 3.8) is 0 Å². The summed E-state index contributed by atoms with van der Waals surface area (Å²) in [6.07, 6.45) is -6.88. The van der Waals surface area contributed by atoms with Crippen molar-refractivity contribution in [1.82, 2.24) is 39.1 Å². The van der Waals surface area contributed by atoms with Crippen LogP contribution in [-0.4, -0.2) is 134 Å². The second-order valence-electron chi connectivity index (χ2n) is 21.6. The predicted molar refractivity (Wildman–Crippen MR) is 279 cm³/mol. The van der Waals surface area contributed by atoms with Crippen LogP contribution in [0.25, 0.3) is 16.8 Å². The second-order valence-corrected chi connectivity index (χ2v) is 33.4. The van der Waals surface area contributed by atoms with Crippen molar-refractivity contribution in [3.05, 3.63) is 70.7 Å². The Labute approximate surface area is 441 Å². The number of aliphatic hydroxyl groups is 1. The Hall–Kier alpha value is -5.09. The lowest BCUT2D eigenvalue weighted by Gasteiger charge is -2.40. The number of hydrogen-bond acceptors (Lipinski definition) is 20. The lowest BCUT2D eigenvalue weighted by molar-refractivity contribution is -0.118. The second kappa shape index (κ2) is 23.1. The van der Waals surface area contributed by atoms with Gasteiger partial charge in [0, 0.05) is 21.6 Å². The summed E-state index contributed by atoms with van der Waals surface area (Å²) in [7, 11) is -14.1. The summed E-state index contributed by atoms with van der Waals surface area (Å²) >= 11 is 0. The fourth-order valence-electron chi connectivity index (χ4n) is 7.77. The smallest absolute Gasteiger partial charge is 0.408 e. The number of nitriles is 1. The van der Waals surface area contributed by atoms with Crippen molar-refractivity contribution < 1.29 is 65.1 Å². The minimum absolute atomic E-state index is 0.0155. The van der Waals surface area contributed by atoms with Crippen LogP contribution < -0.4 is 16.2 Å². The van der Waals surface area contributed by atoms with E-state index in [2.05, 4.69) is 40.7 Å². The molecule has 76 heavy (non-hydrogen) atoms. The van der Waals surface area contributed by atoms with Crippen LogP contribution in [0, 0.1) is 17.2 Å². The van der Waals surface area contributed by atoms with Crippen LogP contribution in [-0.2, 0) is 50.3 Å². The summed E-state index contributed by atoms with van der Waals surface area (Å²) in [4.78, 5) is 69.8. The first-order valence-electron chi connectivity index (χ1n) is 24.5. The average Bonchev–Trinajstić information content (AvgIpc) is 4.12. The fourth-order valence-corrected chi connectivity index (χ4v) is 12.2. The Morgan fingerprint density at radius 1 is 0.934 bits per heavy atom. The standard InChI is InChI=1S/C46H65N11O15P2Si2/c1-26(2)39(59)53-43-52-38-31(41(61)54-43)50-25-56(38)42-36(34(29(22-58)68-42)71-75(9,10)45(3,4)5)70-74(64,65-20-16-19-47)66-23-30-33(69-73(62)63)35(72-76(11,12)46(6,7)8)32(67-30)28-21-51-57-37(28)48-24-49-44(57)55-40(60)27-17-14-13-15-18-27/h13-15,17-18,21,24-26,29-30,32-36,42,58H,16,20,22-23H2,1-12H3,(H3-,48,49,51,52,53,54,55,59,60,61,62,63)/p+1/t29-,30-,32+,33-,34-,35+,36-,42-,74?/m1/s1. The molecular formula is C46H66N11O15P2Si2+. The van der Waals surface area contributed by atoms with Crippen molar-refractivity contribution in [1.29, 1.82) is 5.26 Å². The van der Waals surface area contributed by atoms with Gasteiger partial charge < -0.3 is 23.4 Å². The number of hydrogen-bond donors (Lipinski definition) is 5. The lowest BCUT2D eigenvalue weighted by Crippen LogP contribution is -2.50. The van der Waals surface area contributed by atoms with Gasteiger partial charge >= 0.3 is 16.1 Å². The number of nitrogens with zero attached hydrogens (tertiary/aromatic N) is 8. The number of amides is 2. The number of H-pyrrole nitrogens is 1. The number of rotatable bonds is 21. The summed E-state index contributed by atoms with van der Waals surface area (Å²) < 4.78 is 82.2. The molecule has 2 amide bonds. The van der Waals surface area contributed by atoms with E-state index in [9.17, 15) is 34.2 Å². The number of phosphoric acid groups is 1. The first kappa shape index (κ1) is 58.6. The van der Waals surface area contributed by atoms with E-state index in [0.29, 0.717) is 11.1 Å². The number of aromatic nitrogens is 8. The number of aromatic amines is 1. The van der Waals surface area contributed by atoms with Crippen LogP contribution in [0.1, 0.15) is 90.1 Å². The number of fused-ring (bicyclic) bond motifs is 2. The van der Waals surface area contributed by atoms with Crippen LogP contribution in [0.15, 0.2) is 54.0 Å². The number of nitrogens with one attached hydrogen (secondary N) is 3. The van der Waals surface area contributed by atoms with E-state index < -0.39 is 135 Å². The van der Waals surface area contributed by atoms with Crippen molar-refractivity contribution in [2.45, 2.75) is 147 Å². The molecular weight excluding hydrogens is 1060 g/mol. The van der Waals surface area contributed by atoms with Gasteiger partial charge in [0.2, 0.25) is 17.8 Å². The van der Waals surface area contributed by atoms with Crippen LogP contribution in [0.3, 0.4) is 0 Å². The van der Waals surface area contributed by atoms with E-state index >= 15 is 4.57 Å². The van der Waals surface area contributed by atoms with Crippen molar-refractivity contribution in [2.24, 2.45) is 5.92 Å². The number of imidazole rings is 1. The fraction of sp³-hybridized carbons (Fsp3) is 0.587. The quantitative estimate of drug-likeness (QED) is 0.0290. The molecule has 30 heteroatoms. The molecule has 6 heterocycles. The van der Waals surface area contributed by atoms with Gasteiger partial charge in [-0.15, -0.1) is 9.42 Å². The monoisotopic (exact) mass is 1130 g/mol. The van der Waals surface area contributed by atoms with Crippen molar-refractivity contribution in [2.75, 3.05) is 30.5 Å². The van der Waals surface area contributed by atoms with Crippen LogP contribution >= 0.6 is 16.1 Å². The van der Waals surface area contributed by atoms with E-state index in [-0.39, 0.29) is 35.1 Å². The first-order chi connectivity index (χ1) is 35.6. The van der Waals surface area contributed by atoms with Gasteiger partial charge in [0.05, 0.1) is 44.8 Å². The number of aliphatic hydroxyl groups excluding tert-OH is 1. The molecule has 0 aliphatic carbocycles. The summed E-state index contributed by atoms with van der Waals surface area (Å²) in [6, 6.07) is 10.4. The molecule has 2 unspecified atom stereocenters. The highest BCUT2D eigenvalue weighted by Crippen LogP contribution is 2.56. The zero-order valence-electron chi connectivity index (χ0n) is 44.3. The van der Waals surface area contributed by atoms with Crippen molar-refractivity contribution in [3.8, 4) is 6.07 Å². The van der Waals surface area contributed by atoms with Gasteiger partial charge in [-0.3, -0.25) is 48.1 Å².